The molecule has 3 amide bonds. The summed E-state index contributed by atoms with van der Waals surface area (Å²) < 4.78 is 0. The number of carbonyl (C=O) groups is 2. The fraction of sp³-hybridized carbons (Fsp3) is 0.556. The van der Waals surface area contributed by atoms with Gasteiger partial charge in [0.15, 0.2) is 0 Å². The predicted octanol–water partition coefficient (Wildman–Crippen LogP) is 2.25. The summed E-state index contributed by atoms with van der Waals surface area (Å²) >= 11 is 0. The number of carbonyl (C=O) groups excluding carboxylic acids is 2. The lowest BCUT2D eigenvalue weighted by Crippen LogP contribution is -2.53. The van der Waals surface area contributed by atoms with Crippen LogP contribution in [0.1, 0.15) is 39.5 Å². The van der Waals surface area contributed by atoms with E-state index in [1.54, 1.807) is 12.1 Å². The van der Waals surface area contributed by atoms with Gasteiger partial charge in [0.05, 0.1) is 6.10 Å². The smallest absolute Gasteiger partial charge is 0.319 e. The van der Waals surface area contributed by atoms with Crippen molar-refractivity contribution in [2.45, 2.75) is 57.7 Å². The second kappa shape index (κ2) is 8.68. The molecular formula is C18H27N3O3. The molecule has 0 heterocycles. The molecule has 0 aromatic heterocycles. The summed E-state index contributed by atoms with van der Waals surface area (Å²) in [7, 11) is 0. The second-order valence-corrected chi connectivity index (χ2v) is 6.70. The Morgan fingerprint density at radius 2 is 1.71 bits per heavy atom. The number of anilines is 1. The first-order valence-corrected chi connectivity index (χ1v) is 8.56. The number of amides is 3. The van der Waals surface area contributed by atoms with E-state index in [4.69, 9.17) is 0 Å². The molecule has 1 fully saturated rings. The number of hydrogen-bond acceptors (Lipinski definition) is 3. The molecule has 0 radical (unpaired) electrons. The van der Waals surface area contributed by atoms with Gasteiger partial charge < -0.3 is 21.1 Å². The molecule has 6 nitrogen and oxygen atoms in total. The van der Waals surface area contributed by atoms with E-state index in [9.17, 15) is 14.7 Å². The minimum absolute atomic E-state index is 0.0271. The summed E-state index contributed by atoms with van der Waals surface area (Å²) in [6.07, 6.45) is 2.70. The van der Waals surface area contributed by atoms with Gasteiger partial charge in [0.1, 0.15) is 6.04 Å². The molecule has 24 heavy (non-hydrogen) atoms. The zero-order chi connectivity index (χ0) is 17.5. The third kappa shape index (κ3) is 5.53. The van der Waals surface area contributed by atoms with Gasteiger partial charge in [-0.15, -0.1) is 0 Å². The summed E-state index contributed by atoms with van der Waals surface area (Å²) in [6, 6.07) is 8.19. The predicted molar refractivity (Wildman–Crippen MR) is 93.6 cm³/mol. The summed E-state index contributed by atoms with van der Waals surface area (Å²) in [5, 5.41) is 18.0. The molecule has 4 N–H and O–H groups in total. The van der Waals surface area contributed by atoms with Crippen LogP contribution in [0, 0.1) is 5.92 Å². The number of nitrogens with one attached hydrogen (secondary N) is 3. The van der Waals surface area contributed by atoms with Gasteiger partial charge in [0.25, 0.3) is 0 Å². The van der Waals surface area contributed by atoms with Crippen LogP contribution in [0.25, 0.3) is 0 Å². The van der Waals surface area contributed by atoms with E-state index in [-0.39, 0.29) is 24.0 Å². The monoisotopic (exact) mass is 333 g/mol. The van der Waals surface area contributed by atoms with E-state index in [0.29, 0.717) is 18.5 Å². The molecule has 1 aliphatic rings. The lowest BCUT2D eigenvalue weighted by atomic mass is 9.92. The van der Waals surface area contributed by atoms with Crippen molar-refractivity contribution in [2.75, 3.05) is 5.32 Å². The van der Waals surface area contributed by atoms with Crippen molar-refractivity contribution >= 4 is 17.6 Å². The van der Waals surface area contributed by atoms with Crippen LogP contribution < -0.4 is 16.0 Å². The van der Waals surface area contributed by atoms with Crippen LogP contribution in [-0.2, 0) is 4.79 Å². The number of urea groups is 1. The average Bonchev–Trinajstić information content (AvgIpc) is 2.55. The molecular weight excluding hydrogens is 306 g/mol. The fourth-order valence-electron chi connectivity index (χ4n) is 2.88. The molecule has 132 valence electrons. The summed E-state index contributed by atoms with van der Waals surface area (Å²) in [6.45, 7) is 3.80. The maximum Gasteiger partial charge on any atom is 0.319 e. The van der Waals surface area contributed by atoms with Crippen molar-refractivity contribution < 1.29 is 14.7 Å². The van der Waals surface area contributed by atoms with Gasteiger partial charge >= 0.3 is 6.03 Å². The zero-order valence-electron chi connectivity index (χ0n) is 14.3. The molecule has 0 saturated heterocycles. The van der Waals surface area contributed by atoms with Crippen LogP contribution in [-0.4, -0.2) is 35.2 Å². The second-order valence-electron chi connectivity index (χ2n) is 6.70. The van der Waals surface area contributed by atoms with Crippen molar-refractivity contribution in [2.24, 2.45) is 5.92 Å². The van der Waals surface area contributed by atoms with Gasteiger partial charge in [-0.3, -0.25) is 4.79 Å². The Hall–Kier alpha value is -2.08. The maximum absolute atomic E-state index is 12.5. The fourth-order valence-corrected chi connectivity index (χ4v) is 2.88. The van der Waals surface area contributed by atoms with Crippen molar-refractivity contribution in [1.82, 2.24) is 10.6 Å². The highest BCUT2D eigenvalue weighted by Gasteiger charge is 2.28. The van der Waals surface area contributed by atoms with Gasteiger partial charge in [0, 0.05) is 11.7 Å². The molecule has 1 aliphatic carbocycles. The Balaban J connectivity index is 1.88. The molecule has 6 heteroatoms. The first kappa shape index (κ1) is 18.3. The standard InChI is InChI=1S/C18H27N3O3/c1-12(2)16(17(23)19-14-8-10-15(22)11-9-14)21-18(24)20-13-6-4-3-5-7-13/h3-7,12,14-16,22H,8-11H2,1-2H3,(H,19,23)(H2,20,21,24). The summed E-state index contributed by atoms with van der Waals surface area (Å²) in [4.78, 5) is 24.6. The minimum atomic E-state index is -0.597. The normalized spacial score (nSPS) is 21.8. The van der Waals surface area contributed by atoms with E-state index < -0.39 is 12.1 Å². The Labute approximate surface area is 143 Å². The molecule has 1 saturated carbocycles. The number of aliphatic hydroxyl groups excluding tert-OH is 1. The van der Waals surface area contributed by atoms with E-state index in [1.807, 2.05) is 32.0 Å². The highest BCUT2D eigenvalue weighted by atomic mass is 16.3. The van der Waals surface area contributed by atoms with Gasteiger partial charge in [0.2, 0.25) is 5.91 Å². The van der Waals surface area contributed by atoms with Gasteiger partial charge in [-0.05, 0) is 43.7 Å². The van der Waals surface area contributed by atoms with Crippen molar-refractivity contribution in [3.63, 3.8) is 0 Å². The Kier molecular flexibility index (Phi) is 6.61. The van der Waals surface area contributed by atoms with Gasteiger partial charge in [-0.2, -0.15) is 0 Å². The van der Waals surface area contributed by atoms with E-state index in [0.717, 1.165) is 12.8 Å². The number of rotatable bonds is 5. The molecule has 1 atom stereocenters. The number of para-hydroxylation sites is 1. The third-order valence-electron chi connectivity index (χ3n) is 4.31. The minimum Gasteiger partial charge on any atom is -0.393 e. The third-order valence-corrected chi connectivity index (χ3v) is 4.31. The lowest BCUT2D eigenvalue weighted by molar-refractivity contribution is -0.125. The molecule has 0 aliphatic heterocycles. The van der Waals surface area contributed by atoms with Crippen LogP contribution in [0.4, 0.5) is 10.5 Å². The number of benzene rings is 1. The summed E-state index contributed by atoms with van der Waals surface area (Å²) in [5.41, 5.74) is 0.680. The highest BCUT2D eigenvalue weighted by Crippen LogP contribution is 2.18. The zero-order valence-corrected chi connectivity index (χ0v) is 14.3. The Morgan fingerprint density at radius 1 is 1.08 bits per heavy atom. The first-order valence-electron chi connectivity index (χ1n) is 8.56. The molecule has 1 aromatic carbocycles. The quantitative estimate of drug-likeness (QED) is 0.666. The van der Waals surface area contributed by atoms with Crippen LogP contribution >= 0.6 is 0 Å². The van der Waals surface area contributed by atoms with Gasteiger partial charge in [-0.25, -0.2) is 4.79 Å². The average molecular weight is 333 g/mol. The first-order chi connectivity index (χ1) is 11.5. The lowest BCUT2D eigenvalue weighted by Gasteiger charge is -2.29. The Morgan fingerprint density at radius 3 is 2.29 bits per heavy atom. The summed E-state index contributed by atoms with van der Waals surface area (Å²) in [5.74, 6) is -0.199. The van der Waals surface area contributed by atoms with E-state index in [2.05, 4.69) is 16.0 Å². The number of aliphatic hydroxyl groups is 1. The van der Waals surface area contributed by atoms with Crippen LogP contribution in [0.15, 0.2) is 30.3 Å². The van der Waals surface area contributed by atoms with E-state index >= 15 is 0 Å². The molecule has 1 unspecified atom stereocenters. The highest BCUT2D eigenvalue weighted by molar-refractivity contribution is 5.93. The van der Waals surface area contributed by atoms with Crippen molar-refractivity contribution in [3.05, 3.63) is 30.3 Å². The van der Waals surface area contributed by atoms with Crippen molar-refractivity contribution in [3.8, 4) is 0 Å². The molecule has 0 bridgehead atoms. The maximum atomic E-state index is 12.5. The van der Waals surface area contributed by atoms with Crippen molar-refractivity contribution in [1.29, 1.82) is 0 Å². The van der Waals surface area contributed by atoms with Crippen LogP contribution in [0.5, 0.6) is 0 Å². The van der Waals surface area contributed by atoms with E-state index in [1.165, 1.54) is 0 Å². The topological polar surface area (TPSA) is 90.5 Å². The Bertz CT molecular complexity index is 540. The van der Waals surface area contributed by atoms with Crippen LogP contribution in [0.3, 0.4) is 0 Å². The molecule has 1 aromatic rings. The van der Waals surface area contributed by atoms with Gasteiger partial charge in [-0.1, -0.05) is 32.0 Å². The molecule has 0 spiro atoms. The largest absolute Gasteiger partial charge is 0.393 e. The SMILES string of the molecule is CC(C)C(NC(=O)Nc1ccccc1)C(=O)NC1CCC(O)CC1. The van der Waals surface area contributed by atoms with Crippen LogP contribution in [0.2, 0.25) is 0 Å². The molecule has 2 rings (SSSR count). The number of hydrogen-bond donors (Lipinski definition) is 4.